The van der Waals surface area contributed by atoms with E-state index in [1.54, 1.807) is 6.07 Å². The molecule has 68 valence electrons. The molecule has 0 spiro atoms. The van der Waals surface area contributed by atoms with E-state index in [-0.39, 0.29) is 0 Å². The number of fused-ring (bicyclic) bond motifs is 3. The molecule has 1 N–H and O–H groups in total. The van der Waals surface area contributed by atoms with Crippen molar-refractivity contribution >= 4 is 0 Å². The van der Waals surface area contributed by atoms with Crippen molar-refractivity contribution in [1.29, 1.82) is 0 Å². The molecule has 1 nitrogen and oxygen atoms in total. The normalized spacial score (nSPS) is 12.3. The van der Waals surface area contributed by atoms with Crippen LogP contribution in [-0.4, -0.2) is 5.11 Å². The van der Waals surface area contributed by atoms with Crippen LogP contribution in [0.2, 0.25) is 0 Å². The fourth-order valence-corrected chi connectivity index (χ4v) is 2.14. The van der Waals surface area contributed by atoms with Crippen molar-refractivity contribution in [3.63, 3.8) is 0 Å². The summed E-state index contributed by atoms with van der Waals surface area (Å²) in [6, 6.07) is 14.0. The minimum Gasteiger partial charge on any atom is -0.508 e. The largest absolute Gasteiger partial charge is 0.508 e. The second kappa shape index (κ2) is 2.61. The molecule has 0 aromatic heterocycles. The number of hydrogen-bond acceptors (Lipinski definition) is 1. The predicted octanol–water partition coefficient (Wildman–Crippen LogP) is 2.96. The first-order valence-electron chi connectivity index (χ1n) is 4.75. The minimum absolute atomic E-state index is 0.415. The maximum absolute atomic E-state index is 9.70. The van der Waals surface area contributed by atoms with Crippen LogP contribution in [0.15, 0.2) is 42.5 Å². The Morgan fingerprint density at radius 3 is 2.57 bits per heavy atom. The SMILES string of the molecule is Oc1cccc2c1Cc1ccccc1-2. The molecular formula is C13H10O. The lowest BCUT2D eigenvalue weighted by molar-refractivity contribution is 0.470. The van der Waals surface area contributed by atoms with Crippen LogP contribution in [0.5, 0.6) is 5.75 Å². The smallest absolute Gasteiger partial charge is 0.119 e. The van der Waals surface area contributed by atoms with E-state index in [1.807, 2.05) is 18.2 Å². The summed E-state index contributed by atoms with van der Waals surface area (Å²) in [5.41, 5.74) is 4.82. The van der Waals surface area contributed by atoms with Crippen LogP contribution in [0.1, 0.15) is 11.1 Å². The van der Waals surface area contributed by atoms with Gasteiger partial charge in [0.25, 0.3) is 0 Å². The van der Waals surface area contributed by atoms with Crippen LogP contribution in [-0.2, 0) is 6.42 Å². The summed E-state index contributed by atoms with van der Waals surface area (Å²) in [5.74, 6) is 0.415. The van der Waals surface area contributed by atoms with Gasteiger partial charge in [0.1, 0.15) is 5.75 Å². The quantitative estimate of drug-likeness (QED) is 0.566. The Kier molecular flexibility index (Phi) is 1.42. The van der Waals surface area contributed by atoms with Crippen molar-refractivity contribution in [2.75, 3.05) is 0 Å². The molecule has 0 fully saturated rings. The van der Waals surface area contributed by atoms with E-state index in [1.165, 1.54) is 16.7 Å². The summed E-state index contributed by atoms with van der Waals surface area (Å²) in [5, 5.41) is 9.70. The van der Waals surface area contributed by atoms with Crippen LogP contribution < -0.4 is 0 Å². The van der Waals surface area contributed by atoms with Gasteiger partial charge in [0.05, 0.1) is 0 Å². The summed E-state index contributed by atoms with van der Waals surface area (Å²) >= 11 is 0. The van der Waals surface area contributed by atoms with Gasteiger partial charge in [0, 0.05) is 12.0 Å². The van der Waals surface area contributed by atoms with Crippen LogP contribution in [0.25, 0.3) is 11.1 Å². The average molecular weight is 182 g/mol. The standard InChI is InChI=1S/C13H10O/c14-13-7-3-6-11-10-5-2-1-4-9(10)8-12(11)13/h1-7,14H,8H2. The molecule has 0 radical (unpaired) electrons. The third-order valence-electron chi connectivity index (χ3n) is 2.83. The number of rotatable bonds is 0. The highest BCUT2D eigenvalue weighted by molar-refractivity contribution is 5.78. The molecule has 0 aliphatic heterocycles. The van der Waals surface area contributed by atoms with Crippen molar-refractivity contribution in [1.82, 2.24) is 0 Å². The fourth-order valence-electron chi connectivity index (χ4n) is 2.14. The maximum Gasteiger partial charge on any atom is 0.119 e. The first-order chi connectivity index (χ1) is 6.86. The van der Waals surface area contributed by atoms with Crippen molar-refractivity contribution in [3.8, 4) is 16.9 Å². The van der Waals surface area contributed by atoms with Gasteiger partial charge in [-0.25, -0.2) is 0 Å². The molecule has 0 saturated heterocycles. The molecule has 1 aliphatic rings. The van der Waals surface area contributed by atoms with Crippen LogP contribution in [0, 0.1) is 0 Å². The summed E-state index contributed by atoms with van der Waals surface area (Å²) in [6.45, 7) is 0. The van der Waals surface area contributed by atoms with Crippen LogP contribution in [0.3, 0.4) is 0 Å². The maximum atomic E-state index is 9.70. The topological polar surface area (TPSA) is 20.2 Å². The first-order valence-corrected chi connectivity index (χ1v) is 4.75. The van der Waals surface area contributed by atoms with Gasteiger partial charge in [-0.1, -0.05) is 36.4 Å². The number of phenolic OH excluding ortho intramolecular Hbond substituents is 1. The van der Waals surface area contributed by atoms with Crippen LogP contribution in [0.4, 0.5) is 0 Å². The molecule has 0 unspecified atom stereocenters. The van der Waals surface area contributed by atoms with Crippen molar-refractivity contribution < 1.29 is 5.11 Å². The molecule has 0 amide bonds. The molecular weight excluding hydrogens is 172 g/mol. The minimum atomic E-state index is 0.415. The van der Waals surface area contributed by atoms with Gasteiger partial charge in [-0.05, 0) is 22.8 Å². The monoisotopic (exact) mass is 182 g/mol. The van der Waals surface area contributed by atoms with E-state index >= 15 is 0 Å². The van der Waals surface area contributed by atoms with Gasteiger partial charge in [0.2, 0.25) is 0 Å². The van der Waals surface area contributed by atoms with Gasteiger partial charge in [-0.15, -0.1) is 0 Å². The Bertz CT molecular complexity index is 500. The first kappa shape index (κ1) is 7.63. The lowest BCUT2D eigenvalue weighted by Crippen LogP contribution is -1.80. The third kappa shape index (κ3) is 0.896. The molecule has 1 aliphatic carbocycles. The van der Waals surface area contributed by atoms with Gasteiger partial charge in [0.15, 0.2) is 0 Å². The zero-order valence-electron chi connectivity index (χ0n) is 7.70. The van der Waals surface area contributed by atoms with E-state index in [9.17, 15) is 5.11 Å². The highest BCUT2D eigenvalue weighted by Crippen LogP contribution is 2.40. The van der Waals surface area contributed by atoms with Gasteiger partial charge in [-0.2, -0.15) is 0 Å². The zero-order chi connectivity index (χ0) is 9.54. The predicted molar refractivity (Wildman–Crippen MR) is 56.3 cm³/mol. The Labute approximate surface area is 82.6 Å². The number of benzene rings is 2. The van der Waals surface area contributed by atoms with Gasteiger partial charge in [-0.3, -0.25) is 0 Å². The van der Waals surface area contributed by atoms with E-state index in [0.717, 1.165) is 12.0 Å². The van der Waals surface area contributed by atoms with Crippen molar-refractivity contribution in [3.05, 3.63) is 53.6 Å². The highest BCUT2D eigenvalue weighted by Gasteiger charge is 2.19. The molecule has 3 rings (SSSR count). The van der Waals surface area contributed by atoms with E-state index in [2.05, 4.69) is 18.2 Å². The molecule has 2 aromatic carbocycles. The Hall–Kier alpha value is -1.76. The summed E-state index contributed by atoms with van der Waals surface area (Å²) in [4.78, 5) is 0. The van der Waals surface area contributed by atoms with E-state index in [0.29, 0.717) is 5.75 Å². The molecule has 0 atom stereocenters. The lowest BCUT2D eigenvalue weighted by Gasteiger charge is -2.01. The summed E-state index contributed by atoms with van der Waals surface area (Å²) in [6.07, 6.45) is 0.859. The lowest BCUT2D eigenvalue weighted by atomic mass is 10.1. The average Bonchev–Trinajstić information content (AvgIpc) is 2.59. The van der Waals surface area contributed by atoms with E-state index < -0.39 is 0 Å². The number of phenols is 1. The molecule has 14 heavy (non-hydrogen) atoms. The molecule has 0 bridgehead atoms. The van der Waals surface area contributed by atoms with Crippen LogP contribution >= 0.6 is 0 Å². The molecule has 1 heteroatoms. The number of hydrogen-bond donors (Lipinski definition) is 1. The molecule has 2 aromatic rings. The highest BCUT2D eigenvalue weighted by atomic mass is 16.3. The molecule has 0 saturated carbocycles. The van der Waals surface area contributed by atoms with Gasteiger partial charge >= 0.3 is 0 Å². The van der Waals surface area contributed by atoms with Crippen molar-refractivity contribution in [2.24, 2.45) is 0 Å². The Morgan fingerprint density at radius 1 is 0.857 bits per heavy atom. The third-order valence-corrected chi connectivity index (χ3v) is 2.83. The summed E-state index contributed by atoms with van der Waals surface area (Å²) in [7, 11) is 0. The Morgan fingerprint density at radius 2 is 1.64 bits per heavy atom. The van der Waals surface area contributed by atoms with E-state index in [4.69, 9.17) is 0 Å². The molecule has 0 heterocycles. The second-order valence-corrected chi connectivity index (χ2v) is 3.64. The summed E-state index contributed by atoms with van der Waals surface area (Å²) < 4.78 is 0. The second-order valence-electron chi connectivity index (χ2n) is 3.64. The number of aromatic hydroxyl groups is 1. The van der Waals surface area contributed by atoms with Gasteiger partial charge < -0.3 is 5.11 Å². The zero-order valence-corrected chi connectivity index (χ0v) is 7.70. The fraction of sp³-hybridized carbons (Fsp3) is 0.0769. The van der Waals surface area contributed by atoms with Crippen molar-refractivity contribution in [2.45, 2.75) is 6.42 Å². The Balaban J connectivity index is 2.33.